The summed E-state index contributed by atoms with van der Waals surface area (Å²) in [7, 11) is 0. The average Bonchev–Trinajstić information content (AvgIpc) is 1.96. The van der Waals surface area contributed by atoms with Gasteiger partial charge in [0.1, 0.15) is 5.92 Å². The molecule has 0 radical (unpaired) electrons. The van der Waals surface area contributed by atoms with E-state index in [4.69, 9.17) is 10.2 Å². The molecule has 0 heterocycles. The molecule has 0 amide bonds. The lowest BCUT2D eigenvalue weighted by Crippen LogP contribution is -2.35. The van der Waals surface area contributed by atoms with Gasteiger partial charge in [0.25, 0.3) is 5.78 Å². The van der Waals surface area contributed by atoms with Crippen molar-refractivity contribution in [3.8, 4) is 0 Å². The fourth-order valence-electron chi connectivity index (χ4n) is 0.693. The van der Waals surface area contributed by atoms with Gasteiger partial charge in [0.05, 0.1) is 0 Å². The zero-order valence-corrected chi connectivity index (χ0v) is 6.34. The molecule has 0 bridgehead atoms. The first kappa shape index (κ1) is 11.9. The number of aliphatic hydroxyl groups excluding tert-OH is 1. The molecule has 0 unspecified atom stereocenters. The molecule has 13 heavy (non-hydrogen) atoms. The second-order valence-electron chi connectivity index (χ2n) is 2.27. The molecule has 76 valence electrons. The van der Waals surface area contributed by atoms with Crippen LogP contribution in [0.3, 0.4) is 0 Å². The normalized spacial score (nSPS) is 13.8. The third kappa shape index (κ3) is 3.41. The van der Waals surface area contributed by atoms with E-state index in [0.717, 1.165) is 0 Å². The predicted octanol–water partition coefficient (Wildman–Crippen LogP) is 0.201. The van der Waals surface area contributed by atoms with E-state index in [0.29, 0.717) is 0 Å². The van der Waals surface area contributed by atoms with Crippen molar-refractivity contribution in [3.63, 3.8) is 0 Å². The van der Waals surface area contributed by atoms with E-state index in [2.05, 4.69) is 0 Å². The third-order valence-electron chi connectivity index (χ3n) is 1.31. The lowest BCUT2D eigenvalue weighted by atomic mass is 10.0. The number of ketones is 1. The second kappa shape index (κ2) is 4.22. The van der Waals surface area contributed by atoms with Crippen molar-refractivity contribution < 1.29 is 33.0 Å². The highest BCUT2D eigenvalue weighted by Crippen LogP contribution is 2.22. The van der Waals surface area contributed by atoms with Gasteiger partial charge in [-0.15, -0.1) is 0 Å². The van der Waals surface area contributed by atoms with Gasteiger partial charge < -0.3 is 10.2 Å². The molecule has 0 rings (SSSR count). The number of hydrogen-bond acceptors (Lipinski definition) is 3. The number of halogens is 3. The zero-order valence-electron chi connectivity index (χ0n) is 6.34. The van der Waals surface area contributed by atoms with Gasteiger partial charge in [-0.3, -0.25) is 9.59 Å². The number of carbonyl (C=O) groups excluding carboxylic acids is 1. The molecule has 7 heteroatoms. The number of carbonyl (C=O) groups is 2. The first-order chi connectivity index (χ1) is 5.80. The van der Waals surface area contributed by atoms with E-state index in [1.165, 1.54) is 0 Å². The molecule has 0 aromatic carbocycles. The molecule has 2 N–H and O–H groups in total. The van der Waals surface area contributed by atoms with Crippen LogP contribution in [0.2, 0.25) is 0 Å². The van der Waals surface area contributed by atoms with E-state index in [1.54, 1.807) is 0 Å². The van der Waals surface area contributed by atoms with Crippen LogP contribution in [-0.4, -0.2) is 34.7 Å². The Morgan fingerprint density at radius 2 is 1.77 bits per heavy atom. The monoisotopic (exact) mass is 200 g/mol. The molecule has 0 saturated heterocycles. The summed E-state index contributed by atoms with van der Waals surface area (Å²) in [6.45, 7) is -0.779. The molecule has 0 saturated carbocycles. The fourth-order valence-corrected chi connectivity index (χ4v) is 0.693. The number of aliphatic hydroxyl groups is 1. The maximum Gasteiger partial charge on any atom is 0.450 e. The van der Waals surface area contributed by atoms with E-state index < -0.39 is 36.9 Å². The minimum atomic E-state index is -5.17. The Morgan fingerprint density at radius 3 is 2.00 bits per heavy atom. The van der Waals surface area contributed by atoms with Gasteiger partial charge in [-0.2, -0.15) is 13.2 Å². The quantitative estimate of drug-likeness (QED) is 0.635. The van der Waals surface area contributed by atoms with Crippen molar-refractivity contribution in [3.05, 3.63) is 0 Å². The van der Waals surface area contributed by atoms with Crippen LogP contribution in [0, 0.1) is 5.92 Å². The van der Waals surface area contributed by atoms with E-state index in [-0.39, 0.29) is 0 Å². The minimum Gasteiger partial charge on any atom is -0.481 e. The van der Waals surface area contributed by atoms with Crippen LogP contribution in [0.5, 0.6) is 0 Å². The van der Waals surface area contributed by atoms with Gasteiger partial charge in [-0.25, -0.2) is 0 Å². The van der Waals surface area contributed by atoms with Gasteiger partial charge in [-0.05, 0) is 6.42 Å². The average molecular weight is 200 g/mol. The highest BCUT2D eigenvalue weighted by Gasteiger charge is 2.45. The first-order valence-electron chi connectivity index (χ1n) is 3.25. The smallest absolute Gasteiger partial charge is 0.450 e. The lowest BCUT2D eigenvalue weighted by Gasteiger charge is -2.11. The van der Waals surface area contributed by atoms with E-state index in [9.17, 15) is 22.8 Å². The molecule has 0 spiro atoms. The zero-order chi connectivity index (χ0) is 10.6. The molecule has 4 nitrogen and oxygen atoms in total. The van der Waals surface area contributed by atoms with Crippen molar-refractivity contribution in [2.45, 2.75) is 12.6 Å². The Kier molecular flexibility index (Phi) is 3.86. The molecule has 0 aliphatic heterocycles. The Balaban J connectivity index is 4.56. The highest BCUT2D eigenvalue weighted by atomic mass is 19.4. The van der Waals surface area contributed by atoms with E-state index in [1.807, 2.05) is 0 Å². The Morgan fingerprint density at radius 1 is 1.31 bits per heavy atom. The topological polar surface area (TPSA) is 74.6 Å². The first-order valence-corrected chi connectivity index (χ1v) is 3.25. The summed E-state index contributed by atoms with van der Waals surface area (Å²) in [5, 5.41) is 16.4. The van der Waals surface area contributed by atoms with Crippen LogP contribution in [0.1, 0.15) is 6.42 Å². The summed E-state index contributed by atoms with van der Waals surface area (Å²) in [6, 6.07) is 0. The van der Waals surface area contributed by atoms with Gasteiger partial charge >= 0.3 is 12.1 Å². The van der Waals surface area contributed by atoms with Crippen LogP contribution in [0.25, 0.3) is 0 Å². The van der Waals surface area contributed by atoms with Crippen molar-refractivity contribution >= 4 is 11.8 Å². The Labute approximate surface area is 71.0 Å². The number of aliphatic carboxylic acids is 1. The molecular weight excluding hydrogens is 193 g/mol. The van der Waals surface area contributed by atoms with Crippen LogP contribution in [0.15, 0.2) is 0 Å². The Hall–Kier alpha value is -1.11. The molecular formula is C6H7F3O4. The van der Waals surface area contributed by atoms with Crippen LogP contribution < -0.4 is 0 Å². The molecule has 1 atom stereocenters. The number of rotatable bonds is 4. The highest BCUT2D eigenvalue weighted by molar-refractivity contribution is 6.01. The van der Waals surface area contributed by atoms with Crippen LogP contribution in [-0.2, 0) is 9.59 Å². The number of hydrogen-bond donors (Lipinski definition) is 2. The number of carboxylic acid groups (broad SMARTS) is 1. The van der Waals surface area contributed by atoms with Crippen molar-refractivity contribution in [1.29, 1.82) is 0 Å². The summed E-state index contributed by atoms with van der Waals surface area (Å²) in [6.07, 6.45) is -5.90. The molecule has 0 aromatic rings. The van der Waals surface area contributed by atoms with E-state index >= 15 is 0 Å². The van der Waals surface area contributed by atoms with Crippen molar-refractivity contribution in [2.24, 2.45) is 5.92 Å². The van der Waals surface area contributed by atoms with Gasteiger partial charge in [0.15, 0.2) is 0 Å². The summed E-state index contributed by atoms with van der Waals surface area (Å²) in [5.41, 5.74) is 0. The standard InChI is InChI=1S/C6H7F3O4/c7-6(8,9)4(11)3(1-2-10)5(12)13/h3,10H,1-2H2,(H,12,13)/t3-/m1/s1. The maximum absolute atomic E-state index is 11.7. The minimum absolute atomic E-state index is 0.728. The summed E-state index contributed by atoms with van der Waals surface area (Å²) >= 11 is 0. The largest absolute Gasteiger partial charge is 0.481 e. The molecule has 0 aliphatic carbocycles. The molecule has 0 fully saturated rings. The number of Topliss-reactive ketones (excluding diaryl/α,β-unsaturated/α-hetero) is 1. The lowest BCUT2D eigenvalue weighted by molar-refractivity contribution is -0.180. The SMILES string of the molecule is O=C(O)[C@H](CCO)C(=O)C(F)(F)F. The number of carboxylic acids is 1. The third-order valence-corrected chi connectivity index (χ3v) is 1.31. The van der Waals surface area contributed by atoms with Gasteiger partial charge in [0, 0.05) is 6.61 Å². The summed E-state index contributed by atoms with van der Waals surface area (Å²) in [5.74, 6) is -6.42. The van der Waals surface area contributed by atoms with Gasteiger partial charge in [0.2, 0.25) is 0 Å². The van der Waals surface area contributed by atoms with Crippen LogP contribution in [0.4, 0.5) is 13.2 Å². The van der Waals surface area contributed by atoms with Crippen LogP contribution >= 0.6 is 0 Å². The second-order valence-corrected chi connectivity index (χ2v) is 2.27. The van der Waals surface area contributed by atoms with Gasteiger partial charge in [-0.1, -0.05) is 0 Å². The molecule has 0 aromatic heterocycles. The molecule has 0 aliphatic rings. The Bertz CT molecular complexity index is 210. The summed E-state index contributed by atoms with van der Waals surface area (Å²) < 4.78 is 35.1. The van der Waals surface area contributed by atoms with Crippen molar-refractivity contribution in [1.82, 2.24) is 0 Å². The summed E-state index contributed by atoms with van der Waals surface area (Å²) in [4.78, 5) is 20.5. The number of alkyl halides is 3. The fraction of sp³-hybridized carbons (Fsp3) is 0.667. The van der Waals surface area contributed by atoms with Crippen molar-refractivity contribution in [2.75, 3.05) is 6.61 Å². The predicted molar refractivity (Wildman–Crippen MR) is 33.9 cm³/mol. The maximum atomic E-state index is 11.7.